The molecule has 1 N–H and O–H groups in total. The molecule has 0 amide bonds. The van der Waals surface area contributed by atoms with Crippen molar-refractivity contribution >= 4 is 17.5 Å². The van der Waals surface area contributed by atoms with Crippen molar-refractivity contribution in [2.75, 3.05) is 32.0 Å². The van der Waals surface area contributed by atoms with Gasteiger partial charge in [0.15, 0.2) is 0 Å². The molecule has 0 fully saturated rings. The van der Waals surface area contributed by atoms with Crippen LogP contribution in [0.3, 0.4) is 0 Å². The van der Waals surface area contributed by atoms with Crippen LogP contribution in [0.4, 0.5) is 5.95 Å². The molecule has 0 aliphatic heterocycles. The topological polar surface area (TPSA) is 56.3 Å². The van der Waals surface area contributed by atoms with E-state index in [-0.39, 0.29) is 6.04 Å². The minimum absolute atomic E-state index is 0.101. The van der Waals surface area contributed by atoms with Crippen LogP contribution >= 0.6 is 11.6 Å². The Morgan fingerprint density at radius 3 is 2.76 bits per heavy atom. The van der Waals surface area contributed by atoms with Gasteiger partial charge in [0.1, 0.15) is 0 Å². The lowest BCUT2D eigenvalue weighted by atomic mass is 10.2. The van der Waals surface area contributed by atoms with Gasteiger partial charge in [-0.15, -0.1) is 11.6 Å². The molecule has 1 aromatic rings. The third-order valence-corrected chi connectivity index (χ3v) is 2.42. The number of halogens is 1. The fourth-order valence-corrected chi connectivity index (χ4v) is 1.68. The van der Waals surface area contributed by atoms with Crippen molar-refractivity contribution in [2.45, 2.75) is 19.4 Å². The number of nitrogens with one attached hydrogen (secondary N) is 1. The molecule has 0 aliphatic rings. The number of aromatic nitrogens is 2. The van der Waals surface area contributed by atoms with Gasteiger partial charge >= 0.3 is 0 Å². The zero-order valence-corrected chi connectivity index (χ0v) is 11.1. The number of hydrogen-bond acceptors (Lipinski definition) is 5. The predicted molar refractivity (Wildman–Crippen MR) is 67.9 cm³/mol. The van der Waals surface area contributed by atoms with Crippen LogP contribution in [0.2, 0.25) is 0 Å². The Bertz CT molecular complexity index is 343. The normalized spacial score (nSPS) is 12.2. The Hall–Kier alpha value is -1.07. The second-order valence-corrected chi connectivity index (χ2v) is 4.03. The van der Waals surface area contributed by atoms with Gasteiger partial charge in [0, 0.05) is 24.8 Å². The first-order valence-electron chi connectivity index (χ1n) is 5.40. The van der Waals surface area contributed by atoms with Crippen LogP contribution in [0.25, 0.3) is 0 Å². The van der Waals surface area contributed by atoms with Crippen LogP contribution in [0.5, 0.6) is 5.88 Å². The van der Waals surface area contributed by atoms with Crippen LogP contribution in [0.1, 0.15) is 12.1 Å². The molecule has 0 aromatic carbocycles. The largest absolute Gasteiger partial charge is 0.481 e. The highest BCUT2D eigenvalue weighted by Crippen LogP contribution is 2.13. The molecule has 1 unspecified atom stereocenters. The van der Waals surface area contributed by atoms with Crippen molar-refractivity contribution in [3.05, 3.63) is 11.8 Å². The molecule has 1 rings (SSSR count). The Balaban J connectivity index is 2.73. The summed E-state index contributed by atoms with van der Waals surface area (Å²) in [5, 5.41) is 3.18. The lowest BCUT2D eigenvalue weighted by Crippen LogP contribution is -2.26. The molecule has 6 heteroatoms. The standard InChI is InChI=1S/C11H18ClN3O2/c1-8-6-10(17-3)15-11(13-8)14-9(4-5-12)7-16-2/h6,9H,4-5,7H2,1-3H3,(H,13,14,15). The Labute approximate surface area is 107 Å². The average Bonchev–Trinajstić information content (AvgIpc) is 2.29. The highest BCUT2D eigenvalue weighted by atomic mass is 35.5. The number of anilines is 1. The molecular formula is C11H18ClN3O2. The highest BCUT2D eigenvalue weighted by molar-refractivity contribution is 6.17. The number of alkyl halides is 1. The van der Waals surface area contributed by atoms with E-state index in [0.29, 0.717) is 24.3 Å². The van der Waals surface area contributed by atoms with Gasteiger partial charge in [-0.05, 0) is 13.3 Å². The molecule has 5 nitrogen and oxygen atoms in total. The van der Waals surface area contributed by atoms with E-state index in [1.165, 1.54) is 0 Å². The second kappa shape index (κ2) is 7.29. The van der Waals surface area contributed by atoms with Crippen molar-refractivity contribution in [1.29, 1.82) is 0 Å². The quantitative estimate of drug-likeness (QED) is 0.758. The molecule has 1 aromatic heterocycles. The van der Waals surface area contributed by atoms with Crippen LogP contribution in [0.15, 0.2) is 6.07 Å². The molecule has 0 saturated heterocycles. The number of methoxy groups -OCH3 is 2. The summed E-state index contributed by atoms with van der Waals surface area (Å²) >= 11 is 5.73. The molecule has 1 atom stereocenters. The first-order chi connectivity index (χ1) is 8.19. The summed E-state index contributed by atoms with van der Waals surface area (Å²) in [7, 11) is 3.23. The summed E-state index contributed by atoms with van der Waals surface area (Å²) in [6.45, 7) is 2.45. The SMILES string of the molecule is COCC(CCCl)Nc1nc(C)cc(OC)n1. The molecular weight excluding hydrogens is 242 g/mol. The number of rotatable bonds is 7. The van der Waals surface area contributed by atoms with Crippen LogP contribution in [0, 0.1) is 6.92 Å². The average molecular weight is 260 g/mol. The van der Waals surface area contributed by atoms with E-state index >= 15 is 0 Å². The smallest absolute Gasteiger partial charge is 0.226 e. The summed E-state index contributed by atoms with van der Waals surface area (Å²) in [6, 6.07) is 1.88. The summed E-state index contributed by atoms with van der Waals surface area (Å²) in [6.07, 6.45) is 0.787. The van der Waals surface area contributed by atoms with Gasteiger partial charge in [-0.1, -0.05) is 0 Å². The molecule has 1 heterocycles. The lowest BCUT2D eigenvalue weighted by molar-refractivity contribution is 0.184. The van der Waals surface area contributed by atoms with Gasteiger partial charge in [-0.25, -0.2) is 4.98 Å². The van der Waals surface area contributed by atoms with Crippen LogP contribution < -0.4 is 10.1 Å². The van der Waals surface area contributed by atoms with E-state index in [2.05, 4.69) is 15.3 Å². The summed E-state index contributed by atoms with van der Waals surface area (Å²) in [4.78, 5) is 8.50. The molecule has 0 spiro atoms. The molecule has 17 heavy (non-hydrogen) atoms. The van der Waals surface area contributed by atoms with Crippen molar-refractivity contribution in [2.24, 2.45) is 0 Å². The molecule has 0 aliphatic carbocycles. The maximum absolute atomic E-state index is 5.73. The summed E-state index contributed by atoms with van der Waals surface area (Å²) in [5.41, 5.74) is 0.849. The third-order valence-electron chi connectivity index (χ3n) is 2.20. The first-order valence-corrected chi connectivity index (χ1v) is 5.94. The Morgan fingerprint density at radius 2 is 2.18 bits per heavy atom. The van der Waals surface area contributed by atoms with Crippen molar-refractivity contribution in [3.8, 4) is 5.88 Å². The van der Waals surface area contributed by atoms with E-state index in [1.54, 1.807) is 20.3 Å². The first kappa shape index (κ1) is 14.0. The predicted octanol–water partition coefficient (Wildman–Crippen LogP) is 1.85. The number of hydrogen-bond donors (Lipinski definition) is 1. The van der Waals surface area contributed by atoms with E-state index < -0.39 is 0 Å². The maximum Gasteiger partial charge on any atom is 0.226 e. The van der Waals surface area contributed by atoms with Gasteiger partial charge in [0.2, 0.25) is 11.8 Å². The Morgan fingerprint density at radius 1 is 1.41 bits per heavy atom. The maximum atomic E-state index is 5.73. The van der Waals surface area contributed by atoms with Crippen molar-refractivity contribution in [3.63, 3.8) is 0 Å². The minimum Gasteiger partial charge on any atom is -0.481 e. The van der Waals surface area contributed by atoms with E-state index in [9.17, 15) is 0 Å². The number of ether oxygens (including phenoxy) is 2. The van der Waals surface area contributed by atoms with Crippen LogP contribution in [-0.4, -0.2) is 42.7 Å². The highest BCUT2D eigenvalue weighted by Gasteiger charge is 2.10. The zero-order chi connectivity index (χ0) is 12.7. The number of nitrogens with zero attached hydrogens (tertiary/aromatic N) is 2. The van der Waals surface area contributed by atoms with Gasteiger partial charge in [0.25, 0.3) is 0 Å². The second-order valence-electron chi connectivity index (χ2n) is 3.65. The molecule has 0 bridgehead atoms. The molecule has 0 saturated carbocycles. The summed E-state index contributed by atoms with van der Waals surface area (Å²) in [5.74, 6) is 1.64. The van der Waals surface area contributed by atoms with Gasteiger partial charge < -0.3 is 14.8 Å². The van der Waals surface area contributed by atoms with E-state index in [0.717, 1.165) is 12.1 Å². The van der Waals surface area contributed by atoms with Gasteiger partial charge in [-0.2, -0.15) is 4.98 Å². The fraction of sp³-hybridized carbons (Fsp3) is 0.636. The summed E-state index contributed by atoms with van der Waals surface area (Å²) < 4.78 is 10.2. The monoisotopic (exact) mass is 259 g/mol. The molecule has 96 valence electrons. The number of aryl methyl sites for hydroxylation is 1. The van der Waals surface area contributed by atoms with Gasteiger partial charge in [0.05, 0.1) is 19.8 Å². The minimum atomic E-state index is 0.101. The molecule has 0 radical (unpaired) electrons. The van der Waals surface area contributed by atoms with Crippen LogP contribution in [-0.2, 0) is 4.74 Å². The third kappa shape index (κ3) is 4.75. The zero-order valence-electron chi connectivity index (χ0n) is 10.4. The van der Waals surface area contributed by atoms with Crippen molar-refractivity contribution in [1.82, 2.24) is 9.97 Å². The Kier molecular flexibility index (Phi) is 6.00. The van der Waals surface area contributed by atoms with E-state index in [1.807, 2.05) is 6.92 Å². The van der Waals surface area contributed by atoms with Gasteiger partial charge in [-0.3, -0.25) is 0 Å². The van der Waals surface area contributed by atoms with E-state index in [4.69, 9.17) is 21.1 Å². The fourth-order valence-electron chi connectivity index (χ4n) is 1.42. The van der Waals surface area contributed by atoms with Crippen molar-refractivity contribution < 1.29 is 9.47 Å². The lowest BCUT2D eigenvalue weighted by Gasteiger charge is -2.17.